The molecule has 1 N–H and O–H groups in total. The van der Waals surface area contributed by atoms with E-state index in [-0.39, 0.29) is 0 Å². The average Bonchev–Trinajstić information content (AvgIpc) is 2.87. The topological polar surface area (TPSA) is 38.1 Å². The largest absolute Gasteiger partial charge is 0.387 e. The van der Waals surface area contributed by atoms with Gasteiger partial charge in [-0.15, -0.1) is 11.3 Å². The lowest BCUT2D eigenvalue weighted by atomic mass is 10.1. The van der Waals surface area contributed by atoms with E-state index in [2.05, 4.69) is 18.0 Å². The van der Waals surface area contributed by atoms with E-state index in [1.807, 2.05) is 23.2 Å². The molecule has 0 amide bonds. The first-order valence-corrected chi connectivity index (χ1v) is 6.30. The van der Waals surface area contributed by atoms with Gasteiger partial charge < -0.3 is 9.67 Å². The van der Waals surface area contributed by atoms with Crippen LogP contribution < -0.4 is 0 Å². The highest BCUT2D eigenvalue weighted by Gasteiger charge is 2.15. The van der Waals surface area contributed by atoms with Crippen LogP contribution in [0.15, 0.2) is 23.8 Å². The molecule has 3 nitrogen and oxygen atoms in total. The van der Waals surface area contributed by atoms with E-state index in [9.17, 15) is 5.11 Å². The van der Waals surface area contributed by atoms with Gasteiger partial charge in [0.1, 0.15) is 5.82 Å². The van der Waals surface area contributed by atoms with Gasteiger partial charge in [0.2, 0.25) is 0 Å². The fourth-order valence-electron chi connectivity index (χ4n) is 1.79. The standard InChI is InChI=1S/C12H16N2OS/c1-3-9-4-7-16-12(9)10(15)8-11-13-5-6-14(11)2/h4-7,10,15H,3,8H2,1-2H3. The van der Waals surface area contributed by atoms with E-state index in [1.165, 1.54) is 5.56 Å². The van der Waals surface area contributed by atoms with Crippen LogP contribution in [0.3, 0.4) is 0 Å². The average molecular weight is 236 g/mol. The van der Waals surface area contributed by atoms with Crippen LogP contribution in [0.4, 0.5) is 0 Å². The molecule has 0 aliphatic rings. The Bertz CT molecular complexity index is 461. The molecule has 0 spiro atoms. The highest BCUT2D eigenvalue weighted by Crippen LogP contribution is 2.27. The van der Waals surface area contributed by atoms with Crippen LogP contribution in [-0.2, 0) is 19.9 Å². The molecule has 2 aromatic heterocycles. The van der Waals surface area contributed by atoms with Gasteiger partial charge in [-0.1, -0.05) is 6.92 Å². The van der Waals surface area contributed by atoms with Crippen molar-refractivity contribution in [2.45, 2.75) is 25.9 Å². The summed E-state index contributed by atoms with van der Waals surface area (Å²) in [4.78, 5) is 5.30. The van der Waals surface area contributed by atoms with Crippen LogP contribution in [0.1, 0.15) is 29.3 Å². The Hall–Kier alpha value is -1.13. The van der Waals surface area contributed by atoms with Gasteiger partial charge in [0.15, 0.2) is 0 Å². The van der Waals surface area contributed by atoms with Gasteiger partial charge in [-0.3, -0.25) is 0 Å². The summed E-state index contributed by atoms with van der Waals surface area (Å²) >= 11 is 1.62. The molecular weight excluding hydrogens is 220 g/mol. The summed E-state index contributed by atoms with van der Waals surface area (Å²) in [5.41, 5.74) is 1.24. The Morgan fingerprint density at radius 3 is 3.00 bits per heavy atom. The van der Waals surface area contributed by atoms with Crippen LogP contribution in [-0.4, -0.2) is 14.7 Å². The first-order chi connectivity index (χ1) is 7.72. The summed E-state index contributed by atoms with van der Waals surface area (Å²) in [7, 11) is 1.95. The van der Waals surface area contributed by atoms with E-state index < -0.39 is 6.10 Å². The highest BCUT2D eigenvalue weighted by molar-refractivity contribution is 7.10. The lowest BCUT2D eigenvalue weighted by Gasteiger charge is -2.10. The third-order valence-electron chi connectivity index (χ3n) is 2.76. The summed E-state index contributed by atoms with van der Waals surface area (Å²) in [6, 6.07) is 2.08. The fraction of sp³-hybridized carbons (Fsp3) is 0.417. The lowest BCUT2D eigenvalue weighted by Crippen LogP contribution is -2.06. The van der Waals surface area contributed by atoms with Crippen molar-refractivity contribution in [3.63, 3.8) is 0 Å². The van der Waals surface area contributed by atoms with Crippen molar-refractivity contribution in [1.82, 2.24) is 9.55 Å². The van der Waals surface area contributed by atoms with E-state index in [0.717, 1.165) is 17.1 Å². The molecule has 0 saturated carbocycles. The van der Waals surface area contributed by atoms with Gasteiger partial charge in [0, 0.05) is 30.7 Å². The van der Waals surface area contributed by atoms with Crippen LogP contribution in [0.2, 0.25) is 0 Å². The minimum absolute atomic E-state index is 0.434. The maximum Gasteiger partial charge on any atom is 0.111 e. The predicted molar refractivity (Wildman–Crippen MR) is 65.6 cm³/mol. The van der Waals surface area contributed by atoms with Gasteiger partial charge in [-0.25, -0.2) is 4.98 Å². The third-order valence-corrected chi connectivity index (χ3v) is 3.82. The number of aromatic nitrogens is 2. The Labute approximate surface area is 99.4 Å². The van der Waals surface area contributed by atoms with E-state index in [0.29, 0.717) is 6.42 Å². The zero-order chi connectivity index (χ0) is 11.5. The van der Waals surface area contributed by atoms with Gasteiger partial charge >= 0.3 is 0 Å². The maximum absolute atomic E-state index is 10.2. The third kappa shape index (κ3) is 2.18. The Balaban J connectivity index is 2.14. The second-order valence-corrected chi connectivity index (χ2v) is 4.79. The van der Waals surface area contributed by atoms with E-state index in [1.54, 1.807) is 17.5 Å². The molecule has 0 radical (unpaired) electrons. The van der Waals surface area contributed by atoms with Crippen molar-refractivity contribution in [3.05, 3.63) is 40.1 Å². The molecule has 1 unspecified atom stereocenters. The summed E-state index contributed by atoms with van der Waals surface area (Å²) in [6.07, 6.45) is 4.78. The van der Waals surface area contributed by atoms with E-state index in [4.69, 9.17) is 0 Å². The Morgan fingerprint density at radius 2 is 2.38 bits per heavy atom. The number of aryl methyl sites for hydroxylation is 2. The Morgan fingerprint density at radius 1 is 1.56 bits per heavy atom. The van der Waals surface area contributed by atoms with Crippen molar-refractivity contribution in [2.24, 2.45) is 7.05 Å². The molecule has 0 bridgehead atoms. The molecule has 86 valence electrons. The SMILES string of the molecule is CCc1ccsc1C(O)Cc1nccn1C. The summed E-state index contributed by atoms with van der Waals surface area (Å²) in [5, 5.41) is 12.2. The lowest BCUT2D eigenvalue weighted by molar-refractivity contribution is 0.178. The Kier molecular flexibility index (Phi) is 3.41. The number of aliphatic hydroxyl groups is 1. The van der Waals surface area contributed by atoms with Gasteiger partial charge in [0.25, 0.3) is 0 Å². The van der Waals surface area contributed by atoms with Crippen molar-refractivity contribution in [1.29, 1.82) is 0 Å². The van der Waals surface area contributed by atoms with Gasteiger partial charge in [-0.2, -0.15) is 0 Å². The van der Waals surface area contributed by atoms with Crippen LogP contribution in [0.25, 0.3) is 0 Å². The predicted octanol–water partition coefficient (Wildman–Crippen LogP) is 2.32. The first kappa shape index (κ1) is 11.4. The molecule has 0 aromatic carbocycles. The summed E-state index contributed by atoms with van der Waals surface area (Å²) in [5.74, 6) is 0.919. The maximum atomic E-state index is 10.2. The fourth-order valence-corrected chi connectivity index (χ4v) is 2.77. The molecule has 0 aliphatic heterocycles. The summed E-state index contributed by atoms with van der Waals surface area (Å²) < 4.78 is 1.95. The molecule has 16 heavy (non-hydrogen) atoms. The summed E-state index contributed by atoms with van der Waals surface area (Å²) in [6.45, 7) is 2.11. The number of imidazole rings is 1. The van der Waals surface area contributed by atoms with Crippen LogP contribution in [0.5, 0.6) is 0 Å². The zero-order valence-electron chi connectivity index (χ0n) is 9.55. The van der Waals surface area contributed by atoms with Crippen molar-refractivity contribution in [3.8, 4) is 0 Å². The number of aliphatic hydroxyl groups excluding tert-OH is 1. The van der Waals surface area contributed by atoms with Crippen molar-refractivity contribution < 1.29 is 5.11 Å². The number of hydrogen-bond acceptors (Lipinski definition) is 3. The van der Waals surface area contributed by atoms with Crippen LogP contribution >= 0.6 is 11.3 Å². The quantitative estimate of drug-likeness (QED) is 0.884. The van der Waals surface area contributed by atoms with Crippen molar-refractivity contribution >= 4 is 11.3 Å². The number of hydrogen-bond donors (Lipinski definition) is 1. The number of nitrogens with zero attached hydrogens (tertiary/aromatic N) is 2. The molecular formula is C12H16N2OS. The molecule has 4 heteroatoms. The number of rotatable bonds is 4. The van der Waals surface area contributed by atoms with Crippen molar-refractivity contribution in [2.75, 3.05) is 0 Å². The highest BCUT2D eigenvalue weighted by atomic mass is 32.1. The normalized spacial score (nSPS) is 12.9. The smallest absolute Gasteiger partial charge is 0.111 e. The molecule has 2 aromatic rings. The molecule has 0 fully saturated rings. The van der Waals surface area contributed by atoms with Gasteiger partial charge in [-0.05, 0) is 23.4 Å². The minimum Gasteiger partial charge on any atom is -0.387 e. The number of thiophene rings is 1. The molecule has 2 rings (SSSR count). The molecule has 0 aliphatic carbocycles. The van der Waals surface area contributed by atoms with Gasteiger partial charge in [0.05, 0.1) is 6.10 Å². The molecule has 1 atom stereocenters. The molecule has 0 saturated heterocycles. The zero-order valence-corrected chi connectivity index (χ0v) is 10.4. The monoisotopic (exact) mass is 236 g/mol. The second-order valence-electron chi connectivity index (χ2n) is 3.84. The second kappa shape index (κ2) is 4.80. The minimum atomic E-state index is -0.434. The molecule has 2 heterocycles. The first-order valence-electron chi connectivity index (χ1n) is 5.43. The van der Waals surface area contributed by atoms with E-state index >= 15 is 0 Å². The van der Waals surface area contributed by atoms with Crippen LogP contribution in [0, 0.1) is 0 Å².